The van der Waals surface area contributed by atoms with Crippen molar-refractivity contribution in [2.24, 2.45) is 0 Å². The van der Waals surface area contributed by atoms with Gasteiger partial charge in [-0.3, -0.25) is 0 Å². The topological polar surface area (TPSA) is 34.4 Å². The normalized spacial score (nSPS) is 12.5. The molecule has 0 radical (unpaired) electrons. The van der Waals surface area contributed by atoms with Crippen molar-refractivity contribution in [2.45, 2.75) is 33.7 Å². The first-order chi connectivity index (χ1) is 9.99. The summed E-state index contributed by atoms with van der Waals surface area (Å²) in [5.41, 5.74) is 4.58. The average Bonchev–Trinajstić information content (AvgIpc) is 2.87. The number of benzene rings is 1. The zero-order valence-electron chi connectivity index (χ0n) is 13.2. The minimum Gasteiger partial charge on any atom is -0.496 e. The molecule has 4 heteroatoms. The van der Waals surface area contributed by atoms with Crippen LogP contribution < -0.4 is 10.1 Å². The lowest BCUT2D eigenvalue weighted by atomic mass is 9.93. The minimum absolute atomic E-state index is 0.0543. The standard InChI is InChI=1S/C17H22BrNO2/c1-6-19-16(13-8-11(3)21-9-13)15-12(4)14(18)7-10(2)17(15)20-5/h7-9,16,19H,6H2,1-5H3. The summed E-state index contributed by atoms with van der Waals surface area (Å²) in [6.45, 7) is 9.10. The van der Waals surface area contributed by atoms with E-state index < -0.39 is 0 Å². The van der Waals surface area contributed by atoms with Gasteiger partial charge in [0, 0.05) is 15.6 Å². The van der Waals surface area contributed by atoms with Crippen LogP contribution in [-0.2, 0) is 0 Å². The maximum atomic E-state index is 5.68. The van der Waals surface area contributed by atoms with E-state index in [0.29, 0.717) is 0 Å². The molecule has 1 aromatic heterocycles. The third-order valence-electron chi connectivity index (χ3n) is 3.69. The van der Waals surface area contributed by atoms with E-state index >= 15 is 0 Å². The summed E-state index contributed by atoms with van der Waals surface area (Å²) >= 11 is 3.65. The lowest BCUT2D eigenvalue weighted by Gasteiger charge is -2.24. The van der Waals surface area contributed by atoms with Crippen LogP contribution in [-0.4, -0.2) is 13.7 Å². The zero-order valence-corrected chi connectivity index (χ0v) is 14.8. The summed E-state index contributed by atoms with van der Waals surface area (Å²) in [4.78, 5) is 0. The Morgan fingerprint density at radius 2 is 2.00 bits per heavy atom. The zero-order chi connectivity index (χ0) is 15.6. The first-order valence-corrected chi connectivity index (χ1v) is 7.90. The van der Waals surface area contributed by atoms with Crippen molar-refractivity contribution in [3.63, 3.8) is 0 Å². The van der Waals surface area contributed by atoms with Gasteiger partial charge < -0.3 is 14.5 Å². The first kappa shape index (κ1) is 16.1. The number of halogens is 1. The molecular formula is C17H22BrNO2. The van der Waals surface area contributed by atoms with E-state index in [4.69, 9.17) is 9.15 Å². The van der Waals surface area contributed by atoms with Crippen LogP contribution in [0.25, 0.3) is 0 Å². The van der Waals surface area contributed by atoms with E-state index in [-0.39, 0.29) is 6.04 Å². The van der Waals surface area contributed by atoms with Crippen LogP contribution in [0, 0.1) is 20.8 Å². The fraction of sp³-hybridized carbons (Fsp3) is 0.412. The third kappa shape index (κ3) is 3.16. The molecule has 114 valence electrons. The Morgan fingerprint density at radius 3 is 2.52 bits per heavy atom. The number of nitrogens with one attached hydrogen (secondary N) is 1. The average molecular weight is 352 g/mol. The fourth-order valence-corrected chi connectivity index (χ4v) is 3.26. The molecule has 21 heavy (non-hydrogen) atoms. The molecule has 3 nitrogen and oxygen atoms in total. The second-order valence-electron chi connectivity index (χ2n) is 5.23. The van der Waals surface area contributed by atoms with Crippen LogP contribution in [0.2, 0.25) is 0 Å². The summed E-state index contributed by atoms with van der Waals surface area (Å²) in [5, 5.41) is 3.54. The van der Waals surface area contributed by atoms with Gasteiger partial charge in [0.15, 0.2) is 0 Å². The van der Waals surface area contributed by atoms with Crippen LogP contribution in [0.15, 0.2) is 27.3 Å². The highest BCUT2D eigenvalue weighted by atomic mass is 79.9. The summed E-state index contributed by atoms with van der Waals surface area (Å²) in [5.74, 6) is 1.84. The Kier molecular flexibility index (Phi) is 5.12. The molecule has 0 spiro atoms. The molecule has 1 N–H and O–H groups in total. The Balaban J connectivity index is 2.64. The summed E-state index contributed by atoms with van der Waals surface area (Å²) in [6, 6.07) is 4.22. The Morgan fingerprint density at radius 1 is 1.29 bits per heavy atom. The van der Waals surface area contributed by atoms with E-state index in [1.165, 1.54) is 5.56 Å². The lowest BCUT2D eigenvalue weighted by Crippen LogP contribution is -2.23. The van der Waals surface area contributed by atoms with Gasteiger partial charge in [-0.15, -0.1) is 0 Å². The van der Waals surface area contributed by atoms with Gasteiger partial charge in [0.1, 0.15) is 11.5 Å². The number of hydrogen-bond acceptors (Lipinski definition) is 3. The number of furan rings is 1. The molecule has 2 rings (SSSR count). The molecule has 1 atom stereocenters. The van der Waals surface area contributed by atoms with Crippen molar-refractivity contribution in [2.75, 3.05) is 13.7 Å². The highest BCUT2D eigenvalue weighted by Crippen LogP contribution is 2.39. The molecule has 0 aliphatic rings. The minimum atomic E-state index is 0.0543. The summed E-state index contributed by atoms with van der Waals surface area (Å²) in [7, 11) is 1.73. The van der Waals surface area contributed by atoms with Crippen molar-refractivity contribution >= 4 is 15.9 Å². The van der Waals surface area contributed by atoms with Crippen molar-refractivity contribution in [1.82, 2.24) is 5.32 Å². The first-order valence-electron chi connectivity index (χ1n) is 7.11. The molecule has 0 saturated carbocycles. The van der Waals surface area contributed by atoms with Crippen LogP contribution >= 0.6 is 15.9 Å². The lowest BCUT2D eigenvalue weighted by molar-refractivity contribution is 0.400. The smallest absolute Gasteiger partial charge is 0.127 e. The molecule has 0 saturated heterocycles. The van der Waals surface area contributed by atoms with Crippen LogP contribution in [0.3, 0.4) is 0 Å². The molecule has 1 heterocycles. The number of methoxy groups -OCH3 is 1. The van der Waals surface area contributed by atoms with E-state index in [1.807, 2.05) is 13.2 Å². The van der Waals surface area contributed by atoms with Gasteiger partial charge in [-0.25, -0.2) is 0 Å². The Hall–Kier alpha value is -1.26. The third-order valence-corrected chi connectivity index (χ3v) is 4.52. The predicted molar refractivity (Wildman–Crippen MR) is 89.1 cm³/mol. The second kappa shape index (κ2) is 6.67. The Bertz CT molecular complexity index is 634. The molecular weight excluding hydrogens is 330 g/mol. The van der Waals surface area contributed by atoms with Crippen LogP contribution in [0.1, 0.15) is 41.0 Å². The van der Waals surface area contributed by atoms with Gasteiger partial charge in [-0.1, -0.05) is 22.9 Å². The van der Waals surface area contributed by atoms with Crippen molar-refractivity contribution in [3.8, 4) is 5.75 Å². The second-order valence-corrected chi connectivity index (χ2v) is 6.08. The largest absolute Gasteiger partial charge is 0.496 e. The van der Waals surface area contributed by atoms with Gasteiger partial charge in [-0.2, -0.15) is 0 Å². The molecule has 0 bridgehead atoms. The number of rotatable bonds is 5. The maximum absolute atomic E-state index is 5.68. The van der Waals surface area contributed by atoms with Crippen LogP contribution in [0.4, 0.5) is 0 Å². The highest BCUT2D eigenvalue weighted by molar-refractivity contribution is 9.10. The van der Waals surface area contributed by atoms with E-state index in [2.05, 4.69) is 54.2 Å². The molecule has 0 fully saturated rings. The molecule has 0 aliphatic heterocycles. The van der Waals surface area contributed by atoms with Crippen molar-refractivity contribution in [3.05, 3.63) is 50.9 Å². The quantitative estimate of drug-likeness (QED) is 0.849. The predicted octanol–water partition coefficient (Wildman–Crippen LogP) is 4.67. The molecule has 0 amide bonds. The molecule has 2 aromatic rings. The van der Waals surface area contributed by atoms with Crippen molar-refractivity contribution < 1.29 is 9.15 Å². The molecule has 0 aliphatic carbocycles. The fourth-order valence-electron chi connectivity index (χ4n) is 2.70. The van der Waals surface area contributed by atoms with E-state index in [0.717, 1.165) is 39.2 Å². The van der Waals surface area contributed by atoms with Gasteiger partial charge in [0.2, 0.25) is 0 Å². The van der Waals surface area contributed by atoms with Gasteiger partial charge in [-0.05, 0) is 50.6 Å². The highest BCUT2D eigenvalue weighted by Gasteiger charge is 2.24. The van der Waals surface area contributed by atoms with E-state index in [1.54, 1.807) is 7.11 Å². The number of aryl methyl sites for hydroxylation is 2. The summed E-state index contributed by atoms with van der Waals surface area (Å²) in [6.07, 6.45) is 1.82. The Labute approximate surface area is 134 Å². The van der Waals surface area contributed by atoms with Gasteiger partial charge in [0.05, 0.1) is 19.4 Å². The van der Waals surface area contributed by atoms with Gasteiger partial charge >= 0.3 is 0 Å². The van der Waals surface area contributed by atoms with E-state index in [9.17, 15) is 0 Å². The maximum Gasteiger partial charge on any atom is 0.127 e. The molecule has 1 aromatic carbocycles. The molecule has 1 unspecified atom stereocenters. The van der Waals surface area contributed by atoms with Crippen LogP contribution in [0.5, 0.6) is 5.75 Å². The van der Waals surface area contributed by atoms with Crippen molar-refractivity contribution in [1.29, 1.82) is 0 Å². The van der Waals surface area contributed by atoms with Gasteiger partial charge in [0.25, 0.3) is 0 Å². The number of hydrogen-bond donors (Lipinski definition) is 1. The SMILES string of the molecule is CCNC(c1coc(C)c1)c1c(C)c(Br)cc(C)c1OC. The summed E-state index contributed by atoms with van der Waals surface area (Å²) < 4.78 is 12.3. The monoisotopic (exact) mass is 351 g/mol. The number of ether oxygens (including phenoxy) is 1.